The Morgan fingerprint density at radius 1 is 1.14 bits per heavy atom. The minimum absolute atomic E-state index is 0. The van der Waals surface area contributed by atoms with E-state index in [-0.39, 0.29) is 36.2 Å². The van der Waals surface area contributed by atoms with Gasteiger partial charge in [0.15, 0.2) is 5.96 Å². The van der Waals surface area contributed by atoms with Crippen molar-refractivity contribution in [3.63, 3.8) is 0 Å². The molecule has 10 nitrogen and oxygen atoms in total. The monoisotopic (exact) mass is 373 g/mol. The smallest absolute Gasteiger partial charge is 0.394 e. The minimum Gasteiger partial charge on any atom is -0.412 e. The Labute approximate surface area is 137 Å². The first kappa shape index (κ1) is 28.7. The highest BCUT2D eigenvalue weighted by molar-refractivity contribution is 7.79. The summed E-state index contributed by atoms with van der Waals surface area (Å²) in [5.74, 6) is 0.189. The summed E-state index contributed by atoms with van der Waals surface area (Å²) in [4.78, 5) is 8.67. The van der Waals surface area contributed by atoms with Crippen molar-refractivity contribution in [1.29, 1.82) is 0 Å². The van der Waals surface area contributed by atoms with Crippen LogP contribution in [0.5, 0.6) is 0 Å². The molecule has 0 amide bonds. The summed E-state index contributed by atoms with van der Waals surface area (Å²) in [5.41, 5.74) is 10.5. The summed E-state index contributed by atoms with van der Waals surface area (Å²) < 4.78 is 31.6. The van der Waals surface area contributed by atoms with Crippen LogP contribution in [0.25, 0.3) is 0 Å². The fourth-order valence-corrected chi connectivity index (χ4v) is 1.39. The third kappa shape index (κ3) is 24.9. The third-order valence-electron chi connectivity index (χ3n) is 2.31. The maximum atomic E-state index is 8.74. The van der Waals surface area contributed by atoms with Crippen LogP contribution >= 0.6 is 24.8 Å². The van der Waals surface area contributed by atoms with Gasteiger partial charge in [-0.25, -0.2) is 0 Å². The van der Waals surface area contributed by atoms with Gasteiger partial charge in [0.1, 0.15) is 0 Å². The first-order valence-corrected chi connectivity index (χ1v) is 6.74. The fourth-order valence-electron chi connectivity index (χ4n) is 1.39. The number of piperazine rings is 1. The molecule has 1 aliphatic rings. The largest absolute Gasteiger partial charge is 0.412 e. The third-order valence-corrected chi connectivity index (χ3v) is 2.31. The average molecular weight is 374 g/mol. The van der Waals surface area contributed by atoms with E-state index in [0.717, 1.165) is 32.7 Å². The van der Waals surface area contributed by atoms with Gasteiger partial charge in [0, 0.05) is 32.7 Å². The number of guanidine groups is 1. The molecular weight excluding hydrogens is 349 g/mol. The maximum absolute atomic E-state index is 8.74. The molecule has 1 rings (SSSR count). The van der Waals surface area contributed by atoms with E-state index in [4.69, 9.17) is 29.0 Å². The number of nitrogens with zero attached hydrogens (tertiary/aromatic N) is 3. The van der Waals surface area contributed by atoms with Crippen LogP contribution in [0.4, 0.5) is 0 Å². The van der Waals surface area contributed by atoms with Crippen molar-refractivity contribution < 1.29 is 23.0 Å². The van der Waals surface area contributed by atoms with Gasteiger partial charge in [-0.3, -0.25) is 19.0 Å². The van der Waals surface area contributed by atoms with Gasteiger partial charge in [-0.1, -0.05) is 0 Å². The molecule has 0 atom stereocenters. The maximum Gasteiger partial charge on any atom is 0.394 e. The van der Waals surface area contributed by atoms with Crippen molar-refractivity contribution in [2.45, 2.75) is 0 Å². The fraction of sp³-hybridized carbons (Fsp3) is 0.875. The zero-order valence-corrected chi connectivity index (χ0v) is 14.1. The molecule has 0 aromatic rings. The van der Waals surface area contributed by atoms with Gasteiger partial charge in [0.05, 0.1) is 6.54 Å². The van der Waals surface area contributed by atoms with E-state index in [0.29, 0.717) is 6.54 Å². The number of rotatable bonds is 3. The highest BCUT2D eigenvalue weighted by Crippen LogP contribution is 1.97. The second-order valence-corrected chi connectivity index (χ2v) is 4.80. The second kappa shape index (κ2) is 14.5. The molecule has 1 heterocycles. The van der Waals surface area contributed by atoms with E-state index in [9.17, 15) is 0 Å². The van der Waals surface area contributed by atoms with Crippen LogP contribution in [0.15, 0.2) is 4.99 Å². The molecule has 0 unspecified atom stereocenters. The lowest BCUT2D eigenvalue weighted by molar-refractivity contribution is 0.157. The van der Waals surface area contributed by atoms with Crippen molar-refractivity contribution in [3.8, 4) is 0 Å². The highest BCUT2D eigenvalue weighted by atomic mass is 35.5. The van der Waals surface area contributed by atoms with Gasteiger partial charge in [-0.15, -0.1) is 24.8 Å². The zero-order chi connectivity index (χ0) is 14.2. The molecule has 132 valence electrons. The van der Waals surface area contributed by atoms with Gasteiger partial charge in [0.25, 0.3) is 0 Å². The SMILES string of the molecule is CN1CCN(CCN=C(N)N)CC1.Cl.Cl.O.O=S(=O)(O)O. The van der Waals surface area contributed by atoms with E-state index in [1.807, 2.05) is 0 Å². The van der Waals surface area contributed by atoms with Crippen LogP contribution in [0.3, 0.4) is 0 Å². The van der Waals surface area contributed by atoms with Crippen LogP contribution in [0, 0.1) is 0 Å². The van der Waals surface area contributed by atoms with Crippen molar-refractivity contribution >= 4 is 41.2 Å². The van der Waals surface area contributed by atoms with E-state index in [2.05, 4.69) is 21.8 Å². The Morgan fingerprint density at radius 2 is 1.52 bits per heavy atom. The molecule has 0 spiro atoms. The molecule has 1 fully saturated rings. The molecule has 0 bridgehead atoms. The number of halogens is 2. The summed E-state index contributed by atoms with van der Waals surface area (Å²) in [5, 5.41) is 0. The first-order chi connectivity index (χ1) is 8.18. The van der Waals surface area contributed by atoms with Crippen LogP contribution in [0.2, 0.25) is 0 Å². The minimum atomic E-state index is -4.67. The Kier molecular flexibility index (Phi) is 19.9. The Morgan fingerprint density at radius 3 is 1.86 bits per heavy atom. The standard InChI is InChI=1S/C8H19N5.2ClH.H2O4S.H2O/c1-12-4-6-13(7-5-12)3-2-11-8(9)10;;;1-5(2,3)4;/h2-7H2,1H3,(H4,9,10,11);2*1H;(H2,1,2,3,4);1H2. The Balaban J connectivity index is -0.000000159. The number of aliphatic imine (C=N–C) groups is 1. The number of hydrogen-bond acceptors (Lipinski definition) is 5. The highest BCUT2D eigenvalue weighted by Gasteiger charge is 2.12. The van der Waals surface area contributed by atoms with E-state index < -0.39 is 10.4 Å². The molecule has 0 aromatic heterocycles. The van der Waals surface area contributed by atoms with Crippen LogP contribution in [0.1, 0.15) is 0 Å². The summed E-state index contributed by atoms with van der Waals surface area (Å²) in [6, 6.07) is 0. The molecule has 0 saturated carbocycles. The van der Waals surface area contributed by atoms with Gasteiger partial charge >= 0.3 is 10.4 Å². The molecule has 1 saturated heterocycles. The van der Waals surface area contributed by atoms with Crippen LogP contribution < -0.4 is 11.5 Å². The normalized spacial score (nSPS) is 15.2. The van der Waals surface area contributed by atoms with Gasteiger partial charge < -0.3 is 21.8 Å². The lowest BCUT2D eigenvalue weighted by atomic mass is 10.3. The summed E-state index contributed by atoms with van der Waals surface area (Å²) in [6.45, 7) is 6.20. The van der Waals surface area contributed by atoms with Gasteiger partial charge in [-0.05, 0) is 7.05 Å². The summed E-state index contributed by atoms with van der Waals surface area (Å²) >= 11 is 0. The van der Waals surface area contributed by atoms with Crippen molar-refractivity contribution in [1.82, 2.24) is 9.80 Å². The van der Waals surface area contributed by atoms with Crippen molar-refractivity contribution in [3.05, 3.63) is 0 Å². The van der Waals surface area contributed by atoms with Crippen molar-refractivity contribution in [2.24, 2.45) is 16.5 Å². The predicted octanol–water partition coefficient (Wildman–Crippen LogP) is -2.13. The lowest BCUT2D eigenvalue weighted by Gasteiger charge is -2.31. The Bertz CT molecular complexity index is 350. The first-order valence-electron chi connectivity index (χ1n) is 5.34. The Hall–Kier alpha value is -0.400. The molecular formula is C8H25Cl2N5O5S. The number of hydrogen-bond donors (Lipinski definition) is 4. The van der Waals surface area contributed by atoms with Gasteiger partial charge in [0.2, 0.25) is 0 Å². The van der Waals surface area contributed by atoms with Crippen LogP contribution in [-0.2, 0) is 10.4 Å². The molecule has 0 aliphatic carbocycles. The predicted molar refractivity (Wildman–Crippen MR) is 86.9 cm³/mol. The van der Waals surface area contributed by atoms with E-state index in [1.54, 1.807) is 0 Å². The lowest BCUT2D eigenvalue weighted by Crippen LogP contribution is -2.45. The zero-order valence-electron chi connectivity index (χ0n) is 11.7. The van der Waals surface area contributed by atoms with Crippen molar-refractivity contribution in [2.75, 3.05) is 46.3 Å². The molecule has 0 radical (unpaired) electrons. The molecule has 1 aliphatic heterocycles. The molecule has 21 heavy (non-hydrogen) atoms. The molecule has 0 aromatic carbocycles. The molecule has 13 heteroatoms. The van der Waals surface area contributed by atoms with E-state index >= 15 is 0 Å². The summed E-state index contributed by atoms with van der Waals surface area (Å²) in [6.07, 6.45) is 0. The number of nitrogens with two attached hydrogens (primary N) is 2. The van der Waals surface area contributed by atoms with E-state index in [1.165, 1.54) is 0 Å². The molecule has 8 N–H and O–H groups in total. The second-order valence-electron chi connectivity index (χ2n) is 3.90. The van der Waals surface area contributed by atoms with Gasteiger partial charge in [-0.2, -0.15) is 8.42 Å². The number of likely N-dealkylation sites (N-methyl/N-ethyl adjacent to an activating group) is 1. The topological polar surface area (TPSA) is 177 Å². The quantitative estimate of drug-likeness (QED) is 0.246. The summed E-state index contributed by atoms with van der Waals surface area (Å²) in [7, 11) is -2.52. The average Bonchev–Trinajstić information content (AvgIpc) is 2.18. The van der Waals surface area contributed by atoms with Crippen LogP contribution in [-0.4, -0.2) is 85.1 Å².